The Labute approximate surface area is 126 Å². The minimum atomic E-state index is -0.209. The van der Waals surface area contributed by atoms with Crippen LogP contribution in [0.5, 0.6) is 5.75 Å². The Morgan fingerprint density at radius 3 is 2.52 bits per heavy atom. The van der Waals surface area contributed by atoms with E-state index >= 15 is 0 Å². The molecule has 0 saturated carbocycles. The molecule has 1 N–H and O–H groups in total. The molecule has 3 heteroatoms. The van der Waals surface area contributed by atoms with Crippen LogP contribution in [0, 0.1) is 5.82 Å². The van der Waals surface area contributed by atoms with Crippen molar-refractivity contribution in [2.75, 3.05) is 5.32 Å². The van der Waals surface area contributed by atoms with Gasteiger partial charge >= 0.3 is 0 Å². The summed E-state index contributed by atoms with van der Waals surface area (Å²) in [5, 5.41) is 3.45. The number of hydrogen-bond acceptors (Lipinski definition) is 2. The molecule has 2 aromatic carbocycles. The van der Waals surface area contributed by atoms with Crippen LogP contribution in [0.15, 0.2) is 48.5 Å². The van der Waals surface area contributed by atoms with Crippen molar-refractivity contribution in [1.82, 2.24) is 0 Å². The summed E-state index contributed by atoms with van der Waals surface area (Å²) in [6, 6.07) is 14.6. The number of rotatable bonds is 6. The average molecular weight is 287 g/mol. The Morgan fingerprint density at radius 1 is 1.10 bits per heavy atom. The first-order valence-electron chi connectivity index (χ1n) is 7.37. The van der Waals surface area contributed by atoms with Gasteiger partial charge < -0.3 is 10.1 Å². The molecule has 1 atom stereocenters. The summed E-state index contributed by atoms with van der Waals surface area (Å²) in [6.07, 6.45) is 0.974. The second-order valence-electron chi connectivity index (χ2n) is 5.32. The summed E-state index contributed by atoms with van der Waals surface area (Å²) in [5.41, 5.74) is 1.87. The van der Waals surface area contributed by atoms with Gasteiger partial charge in [0.05, 0.1) is 17.8 Å². The van der Waals surface area contributed by atoms with Gasteiger partial charge in [0.1, 0.15) is 11.6 Å². The fraction of sp³-hybridized carbons (Fsp3) is 0.333. The van der Waals surface area contributed by atoms with Gasteiger partial charge in [-0.3, -0.25) is 0 Å². The van der Waals surface area contributed by atoms with Crippen molar-refractivity contribution in [2.24, 2.45) is 0 Å². The van der Waals surface area contributed by atoms with Crippen LogP contribution in [0.3, 0.4) is 0 Å². The highest BCUT2D eigenvalue weighted by molar-refractivity contribution is 5.57. The number of nitrogens with one attached hydrogen (secondary N) is 1. The van der Waals surface area contributed by atoms with Gasteiger partial charge in [0.25, 0.3) is 0 Å². The van der Waals surface area contributed by atoms with Crippen molar-refractivity contribution < 1.29 is 9.13 Å². The molecule has 0 spiro atoms. The summed E-state index contributed by atoms with van der Waals surface area (Å²) in [5.74, 6) is 0.613. The van der Waals surface area contributed by atoms with Crippen molar-refractivity contribution in [1.29, 1.82) is 0 Å². The van der Waals surface area contributed by atoms with Gasteiger partial charge in [0, 0.05) is 0 Å². The first kappa shape index (κ1) is 15.4. The lowest BCUT2D eigenvalue weighted by Gasteiger charge is -2.22. The number of benzene rings is 2. The van der Waals surface area contributed by atoms with Crippen LogP contribution >= 0.6 is 0 Å². The lowest BCUT2D eigenvalue weighted by molar-refractivity contribution is 0.243. The van der Waals surface area contributed by atoms with Crippen molar-refractivity contribution in [3.63, 3.8) is 0 Å². The SMILES string of the molecule is CCC(Nc1ccccc1OC(C)C)c1cccc(F)c1. The molecule has 21 heavy (non-hydrogen) atoms. The van der Waals surface area contributed by atoms with E-state index in [0.29, 0.717) is 0 Å². The van der Waals surface area contributed by atoms with E-state index in [9.17, 15) is 4.39 Å². The Hall–Kier alpha value is -2.03. The molecule has 1 unspecified atom stereocenters. The molecule has 0 aliphatic heterocycles. The third-order valence-electron chi connectivity index (χ3n) is 3.24. The van der Waals surface area contributed by atoms with E-state index in [1.54, 1.807) is 12.1 Å². The monoisotopic (exact) mass is 287 g/mol. The molecule has 0 aromatic heterocycles. The minimum Gasteiger partial charge on any atom is -0.489 e. The number of halogens is 1. The molecule has 0 fully saturated rings. The summed E-state index contributed by atoms with van der Waals surface area (Å²) < 4.78 is 19.2. The van der Waals surface area contributed by atoms with Crippen LogP contribution in [0.25, 0.3) is 0 Å². The quantitative estimate of drug-likeness (QED) is 0.790. The zero-order chi connectivity index (χ0) is 15.2. The number of para-hydroxylation sites is 2. The molecule has 0 bridgehead atoms. The van der Waals surface area contributed by atoms with Crippen molar-refractivity contribution in [3.05, 3.63) is 59.9 Å². The fourth-order valence-electron chi connectivity index (χ4n) is 2.27. The van der Waals surface area contributed by atoms with E-state index in [1.165, 1.54) is 6.07 Å². The maximum Gasteiger partial charge on any atom is 0.142 e. The van der Waals surface area contributed by atoms with Crippen LogP contribution in [0.2, 0.25) is 0 Å². The zero-order valence-electron chi connectivity index (χ0n) is 12.8. The first-order valence-corrected chi connectivity index (χ1v) is 7.37. The van der Waals surface area contributed by atoms with E-state index in [-0.39, 0.29) is 18.0 Å². The van der Waals surface area contributed by atoms with Gasteiger partial charge in [0.2, 0.25) is 0 Å². The molecule has 0 saturated heterocycles. The van der Waals surface area contributed by atoms with Crippen LogP contribution in [0.1, 0.15) is 38.8 Å². The number of ether oxygens (including phenoxy) is 1. The molecule has 2 nitrogen and oxygen atoms in total. The third-order valence-corrected chi connectivity index (χ3v) is 3.24. The predicted octanol–water partition coefficient (Wildman–Crippen LogP) is 5.18. The van der Waals surface area contributed by atoms with Crippen LogP contribution in [-0.4, -0.2) is 6.10 Å². The van der Waals surface area contributed by atoms with Gasteiger partial charge in [-0.05, 0) is 50.1 Å². The second kappa shape index (κ2) is 7.11. The van der Waals surface area contributed by atoms with E-state index in [4.69, 9.17) is 4.74 Å². The highest BCUT2D eigenvalue weighted by Gasteiger charge is 2.13. The minimum absolute atomic E-state index is 0.0533. The molecule has 112 valence electrons. The smallest absolute Gasteiger partial charge is 0.142 e. The molecule has 2 rings (SSSR count). The van der Waals surface area contributed by atoms with Gasteiger partial charge in [0.15, 0.2) is 0 Å². The molecule has 0 aliphatic carbocycles. The van der Waals surface area contributed by atoms with Crippen LogP contribution in [-0.2, 0) is 0 Å². The molecule has 2 aromatic rings. The number of anilines is 1. The van der Waals surface area contributed by atoms with E-state index in [0.717, 1.165) is 23.4 Å². The predicted molar refractivity (Wildman–Crippen MR) is 85.3 cm³/mol. The largest absolute Gasteiger partial charge is 0.489 e. The van der Waals surface area contributed by atoms with Gasteiger partial charge in [-0.25, -0.2) is 4.39 Å². The molecular weight excluding hydrogens is 265 g/mol. The van der Waals surface area contributed by atoms with Gasteiger partial charge in [-0.1, -0.05) is 31.2 Å². The Kier molecular flexibility index (Phi) is 5.20. The van der Waals surface area contributed by atoms with Gasteiger partial charge in [-0.15, -0.1) is 0 Å². The van der Waals surface area contributed by atoms with Crippen molar-refractivity contribution in [2.45, 2.75) is 39.3 Å². The van der Waals surface area contributed by atoms with Crippen LogP contribution in [0.4, 0.5) is 10.1 Å². The maximum atomic E-state index is 13.4. The fourth-order valence-corrected chi connectivity index (χ4v) is 2.27. The van der Waals surface area contributed by atoms with Crippen molar-refractivity contribution in [3.8, 4) is 5.75 Å². The lowest BCUT2D eigenvalue weighted by Crippen LogP contribution is -2.13. The molecule has 0 aliphatic rings. The highest BCUT2D eigenvalue weighted by Crippen LogP contribution is 2.30. The molecular formula is C18H22FNO. The standard InChI is InChI=1S/C18H22FNO/c1-4-16(14-8-7-9-15(19)12-14)20-17-10-5-6-11-18(17)21-13(2)3/h5-13,16,20H,4H2,1-3H3. The molecule has 0 heterocycles. The summed E-state index contributed by atoms with van der Waals surface area (Å²) in [7, 11) is 0. The Balaban J connectivity index is 2.23. The Morgan fingerprint density at radius 2 is 1.86 bits per heavy atom. The lowest BCUT2D eigenvalue weighted by atomic mass is 10.0. The first-order chi connectivity index (χ1) is 10.1. The number of hydrogen-bond donors (Lipinski definition) is 1. The third kappa shape index (κ3) is 4.22. The van der Waals surface area contributed by atoms with Crippen LogP contribution < -0.4 is 10.1 Å². The maximum absolute atomic E-state index is 13.4. The van der Waals surface area contributed by atoms with Crippen molar-refractivity contribution >= 4 is 5.69 Å². The normalized spacial score (nSPS) is 12.2. The summed E-state index contributed by atoms with van der Waals surface area (Å²) in [4.78, 5) is 0. The topological polar surface area (TPSA) is 21.3 Å². The van der Waals surface area contributed by atoms with E-state index in [1.807, 2.05) is 44.2 Å². The zero-order valence-corrected chi connectivity index (χ0v) is 12.8. The van der Waals surface area contributed by atoms with E-state index < -0.39 is 0 Å². The molecule has 0 amide bonds. The van der Waals surface area contributed by atoms with Gasteiger partial charge in [-0.2, -0.15) is 0 Å². The average Bonchev–Trinajstić information content (AvgIpc) is 2.45. The summed E-state index contributed by atoms with van der Waals surface area (Å²) >= 11 is 0. The van der Waals surface area contributed by atoms with E-state index in [2.05, 4.69) is 12.2 Å². The summed E-state index contributed by atoms with van der Waals surface area (Å²) in [6.45, 7) is 6.08. The molecule has 0 radical (unpaired) electrons. The second-order valence-corrected chi connectivity index (χ2v) is 5.32. The Bertz CT molecular complexity index is 583. The highest BCUT2D eigenvalue weighted by atomic mass is 19.1.